The Morgan fingerprint density at radius 2 is 2.11 bits per heavy atom. The van der Waals surface area contributed by atoms with Crippen LogP contribution in [0.4, 0.5) is 0 Å². The van der Waals surface area contributed by atoms with E-state index < -0.39 is 0 Å². The number of fused-ring (bicyclic) bond motifs is 1. The highest BCUT2D eigenvalue weighted by molar-refractivity contribution is 5.22. The van der Waals surface area contributed by atoms with Crippen molar-refractivity contribution >= 4 is 0 Å². The van der Waals surface area contributed by atoms with Gasteiger partial charge in [-0.2, -0.15) is 0 Å². The molecular formula is C16H25N3. The first-order chi connectivity index (χ1) is 9.36. The summed E-state index contributed by atoms with van der Waals surface area (Å²) < 4.78 is 0. The minimum absolute atomic E-state index is 0.643. The third-order valence-corrected chi connectivity index (χ3v) is 4.67. The second-order valence-corrected chi connectivity index (χ2v) is 6.10. The van der Waals surface area contributed by atoms with Crippen molar-refractivity contribution < 1.29 is 0 Å². The first-order valence-corrected chi connectivity index (χ1v) is 7.92. The molecule has 0 spiro atoms. The van der Waals surface area contributed by atoms with E-state index in [9.17, 15) is 0 Å². The zero-order valence-electron chi connectivity index (χ0n) is 12.0. The number of hydrogen-bond acceptors (Lipinski definition) is 3. The summed E-state index contributed by atoms with van der Waals surface area (Å²) in [5.74, 6) is 2.54. The largest absolute Gasteiger partial charge is 0.317 e. The molecule has 1 unspecified atom stereocenters. The first kappa shape index (κ1) is 13.0. The lowest BCUT2D eigenvalue weighted by Crippen LogP contribution is -2.28. The SMILES string of the molecule is CCNCC1CCc2nc(C3CCCC3)ncc2C1. The fraction of sp³-hybridized carbons (Fsp3) is 0.750. The van der Waals surface area contributed by atoms with Crippen LogP contribution in [0.1, 0.15) is 62.0 Å². The van der Waals surface area contributed by atoms with E-state index in [-0.39, 0.29) is 0 Å². The summed E-state index contributed by atoms with van der Waals surface area (Å²) in [4.78, 5) is 9.54. The van der Waals surface area contributed by atoms with Gasteiger partial charge in [0.25, 0.3) is 0 Å². The van der Waals surface area contributed by atoms with Crippen molar-refractivity contribution in [1.82, 2.24) is 15.3 Å². The van der Waals surface area contributed by atoms with Gasteiger partial charge >= 0.3 is 0 Å². The molecule has 0 aliphatic heterocycles. The van der Waals surface area contributed by atoms with Crippen LogP contribution in [-0.2, 0) is 12.8 Å². The van der Waals surface area contributed by atoms with Crippen LogP contribution in [0.5, 0.6) is 0 Å². The second-order valence-electron chi connectivity index (χ2n) is 6.10. The van der Waals surface area contributed by atoms with Gasteiger partial charge in [-0.1, -0.05) is 19.8 Å². The predicted molar refractivity (Wildman–Crippen MR) is 77.3 cm³/mol. The molecule has 0 aromatic carbocycles. The Morgan fingerprint density at radius 3 is 2.89 bits per heavy atom. The van der Waals surface area contributed by atoms with E-state index in [1.54, 1.807) is 0 Å². The summed E-state index contributed by atoms with van der Waals surface area (Å²) >= 11 is 0. The van der Waals surface area contributed by atoms with Crippen molar-refractivity contribution in [3.63, 3.8) is 0 Å². The predicted octanol–water partition coefficient (Wildman–Crippen LogP) is 2.85. The smallest absolute Gasteiger partial charge is 0.131 e. The average Bonchev–Trinajstić information content (AvgIpc) is 2.98. The summed E-state index contributed by atoms with van der Waals surface area (Å²) in [7, 11) is 0. The Bertz CT molecular complexity index is 424. The molecule has 2 aliphatic rings. The van der Waals surface area contributed by atoms with Gasteiger partial charge in [0.2, 0.25) is 0 Å². The number of hydrogen-bond donors (Lipinski definition) is 1. The lowest BCUT2D eigenvalue weighted by Gasteiger charge is -2.24. The van der Waals surface area contributed by atoms with E-state index in [0.717, 1.165) is 37.7 Å². The molecule has 1 aromatic heterocycles. The number of aryl methyl sites for hydroxylation is 1. The monoisotopic (exact) mass is 259 g/mol. The topological polar surface area (TPSA) is 37.8 Å². The molecule has 0 radical (unpaired) electrons. The Balaban J connectivity index is 1.69. The fourth-order valence-electron chi connectivity index (χ4n) is 3.50. The molecule has 1 saturated carbocycles. The number of nitrogens with zero attached hydrogens (tertiary/aromatic N) is 2. The molecular weight excluding hydrogens is 234 g/mol. The highest BCUT2D eigenvalue weighted by Crippen LogP contribution is 2.33. The average molecular weight is 259 g/mol. The summed E-state index contributed by atoms with van der Waals surface area (Å²) in [6.45, 7) is 4.38. The maximum atomic E-state index is 4.88. The molecule has 1 fully saturated rings. The molecule has 3 heteroatoms. The Hall–Kier alpha value is -0.960. The summed E-state index contributed by atoms with van der Waals surface area (Å²) in [5, 5.41) is 3.46. The van der Waals surface area contributed by atoms with Gasteiger partial charge in [-0.3, -0.25) is 0 Å². The van der Waals surface area contributed by atoms with Gasteiger partial charge in [0, 0.05) is 17.8 Å². The molecule has 0 bridgehead atoms. The van der Waals surface area contributed by atoms with Gasteiger partial charge in [0.15, 0.2) is 0 Å². The second kappa shape index (κ2) is 6.00. The molecule has 2 aliphatic carbocycles. The molecule has 3 rings (SSSR count). The van der Waals surface area contributed by atoms with Crippen molar-refractivity contribution in [3.05, 3.63) is 23.3 Å². The zero-order valence-corrected chi connectivity index (χ0v) is 12.0. The van der Waals surface area contributed by atoms with Gasteiger partial charge in [-0.25, -0.2) is 9.97 Å². The summed E-state index contributed by atoms with van der Waals surface area (Å²) in [6, 6.07) is 0. The van der Waals surface area contributed by atoms with E-state index in [0.29, 0.717) is 5.92 Å². The molecule has 104 valence electrons. The Kier molecular flexibility index (Phi) is 4.12. The van der Waals surface area contributed by atoms with Crippen LogP contribution in [0.2, 0.25) is 0 Å². The highest BCUT2D eigenvalue weighted by Gasteiger charge is 2.24. The van der Waals surface area contributed by atoms with Crippen molar-refractivity contribution in [2.24, 2.45) is 5.92 Å². The van der Waals surface area contributed by atoms with Crippen LogP contribution in [0.25, 0.3) is 0 Å². The fourth-order valence-corrected chi connectivity index (χ4v) is 3.50. The highest BCUT2D eigenvalue weighted by atomic mass is 14.9. The molecule has 3 nitrogen and oxygen atoms in total. The maximum Gasteiger partial charge on any atom is 0.131 e. The van der Waals surface area contributed by atoms with Crippen molar-refractivity contribution in [2.45, 2.75) is 57.8 Å². The third-order valence-electron chi connectivity index (χ3n) is 4.67. The molecule has 0 saturated heterocycles. The zero-order chi connectivity index (χ0) is 13.1. The van der Waals surface area contributed by atoms with Crippen LogP contribution in [-0.4, -0.2) is 23.1 Å². The molecule has 1 atom stereocenters. The lowest BCUT2D eigenvalue weighted by atomic mass is 9.87. The molecule has 19 heavy (non-hydrogen) atoms. The minimum Gasteiger partial charge on any atom is -0.317 e. The van der Waals surface area contributed by atoms with Crippen LogP contribution < -0.4 is 5.32 Å². The minimum atomic E-state index is 0.643. The Labute approximate surface area is 116 Å². The lowest BCUT2D eigenvalue weighted by molar-refractivity contribution is 0.422. The van der Waals surface area contributed by atoms with E-state index in [4.69, 9.17) is 4.98 Å². The van der Waals surface area contributed by atoms with Gasteiger partial charge in [0.05, 0.1) is 0 Å². The normalized spacial score (nSPS) is 23.5. The van der Waals surface area contributed by atoms with Gasteiger partial charge in [0.1, 0.15) is 5.82 Å². The number of rotatable bonds is 4. The summed E-state index contributed by atoms with van der Waals surface area (Å²) in [5.41, 5.74) is 2.74. The van der Waals surface area contributed by atoms with E-state index in [2.05, 4.69) is 23.4 Å². The van der Waals surface area contributed by atoms with Gasteiger partial charge < -0.3 is 5.32 Å². The van der Waals surface area contributed by atoms with E-state index in [1.165, 1.54) is 43.4 Å². The van der Waals surface area contributed by atoms with Gasteiger partial charge in [-0.15, -0.1) is 0 Å². The van der Waals surface area contributed by atoms with Crippen LogP contribution in [0.3, 0.4) is 0 Å². The van der Waals surface area contributed by atoms with Crippen molar-refractivity contribution in [3.8, 4) is 0 Å². The third kappa shape index (κ3) is 2.97. The maximum absolute atomic E-state index is 4.88. The van der Waals surface area contributed by atoms with Crippen molar-refractivity contribution in [1.29, 1.82) is 0 Å². The quantitative estimate of drug-likeness (QED) is 0.903. The molecule has 0 amide bonds. The molecule has 1 heterocycles. The van der Waals surface area contributed by atoms with E-state index >= 15 is 0 Å². The number of aromatic nitrogens is 2. The molecule has 1 N–H and O–H groups in total. The van der Waals surface area contributed by atoms with Crippen LogP contribution in [0.15, 0.2) is 6.20 Å². The van der Waals surface area contributed by atoms with Crippen molar-refractivity contribution in [2.75, 3.05) is 13.1 Å². The van der Waals surface area contributed by atoms with Gasteiger partial charge in [-0.05, 0) is 56.7 Å². The summed E-state index contributed by atoms with van der Waals surface area (Å²) in [6.07, 6.45) is 11.0. The van der Waals surface area contributed by atoms with Crippen LogP contribution in [0, 0.1) is 5.92 Å². The number of nitrogens with one attached hydrogen (secondary N) is 1. The molecule has 1 aromatic rings. The first-order valence-electron chi connectivity index (χ1n) is 7.92. The van der Waals surface area contributed by atoms with E-state index in [1.807, 2.05) is 0 Å². The standard InChI is InChI=1S/C16H25N3/c1-2-17-10-12-7-8-15-14(9-12)11-18-16(19-15)13-5-3-4-6-13/h11-13,17H,2-10H2,1H3. The van der Waals surface area contributed by atoms with Crippen LogP contribution >= 0.6 is 0 Å². The Morgan fingerprint density at radius 1 is 1.26 bits per heavy atom.